The lowest BCUT2D eigenvalue weighted by Crippen LogP contribution is -2.25. The van der Waals surface area contributed by atoms with E-state index in [0.29, 0.717) is 11.3 Å². The van der Waals surface area contributed by atoms with Crippen molar-refractivity contribution < 1.29 is 13.2 Å². The van der Waals surface area contributed by atoms with Crippen molar-refractivity contribution in [2.75, 3.05) is 5.32 Å². The van der Waals surface area contributed by atoms with Gasteiger partial charge in [0.2, 0.25) is 10.0 Å². The molecule has 0 bridgehead atoms. The maximum absolute atomic E-state index is 12.2. The van der Waals surface area contributed by atoms with Crippen molar-refractivity contribution in [1.82, 2.24) is 4.72 Å². The Labute approximate surface area is 148 Å². The monoisotopic (exact) mass is 442 g/mol. The van der Waals surface area contributed by atoms with Crippen molar-refractivity contribution in [2.45, 2.75) is 23.8 Å². The van der Waals surface area contributed by atoms with E-state index in [0.717, 1.165) is 16.4 Å². The molecule has 5 nitrogen and oxygen atoms in total. The van der Waals surface area contributed by atoms with E-state index in [1.54, 1.807) is 30.3 Å². The van der Waals surface area contributed by atoms with Crippen molar-refractivity contribution in [3.05, 3.63) is 57.7 Å². The van der Waals surface area contributed by atoms with Gasteiger partial charge in [-0.3, -0.25) is 4.79 Å². The molecular weight excluding hydrogens is 427 g/mol. The van der Waals surface area contributed by atoms with Gasteiger partial charge in [0.1, 0.15) is 0 Å². The third-order valence-electron chi connectivity index (χ3n) is 3.39. The van der Waals surface area contributed by atoms with E-state index >= 15 is 0 Å². The Morgan fingerprint density at radius 1 is 1.09 bits per heavy atom. The average Bonchev–Trinajstić information content (AvgIpc) is 3.31. The van der Waals surface area contributed by atoms with Gasteiger partial charge >= 0.3 is 0 Å². The lowest BCUT2D eigenvalue weighted by Gasteiger charge is -2.09. The van der Waals surface area contributed by atoms with Crippen LogP contribution in [-0.2, 0) is 10.0 Å². The van der Waals surface area contributed by atoms with Crippen LogP contribution in [0.2, 0.25) is 0 Å². The summed E-state index contributed by atoms with van der Waals surface area (Å²) in [5.74, 6) is -0.270. The summed E-state index contributed by atoms with van der Waals surface area (Å²) >= 11 is 2.13. The zero-order chi connectivity index (χ0) is 16.4. The topological polar surface area (TPSA) is 75.3 Å². The molecular formula is C16H15IN2O3S. The molecule has 0 heterocycles. The Kier molecular flexibility index (Phi) is 4.69. The van der Waals surface area contributed by atoms with Crippen molar-refractivity contribution >= 4 is 44.2 Å². The molecule has 0 aliphatic heterocycles. The zero-order valence-electron chi connectivity index (χ0n) is 12.1. The van der Waals surface area contributed by atoms with Gasteiger partial charge in [-0.2, -0.15) is 0 Å². The number of anilines is 1. The van der Waals surface area contributed by atoms with Gasteiger partial charge in [-0.15, -0.1) is 0 Å². The quantitative estimate of drug-likeness (QED) is 0.700. The Hall–Kier alpha value is -1.45. The fourth-order valence-corrected chi connectivity index (χ4v) is 3.96. The highest BCUT2D eigenvalue weighted by Gasteiger charge is 2.28. The molecule has 1 aliphatic carbocycles. The van der Waals surface area contributed by atoms with E-state index in [1.165, 1.54) is 12.1 Å². The summed E-state index contributed by atoms with van der Waals surface area (Å²) in [6.45, 7) is 0. The normalized spacial score (nSPS) is 14.5. The third-order valence-corrected chi connectivity index (χ3v) is 5.58. The van der Waals surface area contributed by atoms with Gasteiger partial charge in [-0.1, -0.05) is 12.1 Å². The van der Waals surface area contributed by atoms with Crippen LogP contribution in [0.5, 0.6) is 0 Å². The largest absolute Gasteiger partial charge is 0.322 e. The average molecular weight is 442 g/mol. The van der Waals surface area contributed by atoms with Crippen LogP contribution in [0.3, 0.4) is 0 Å². The number of halogens is 1. The fraction of sp³-hybridized carbons (Fsp3) is 0.188. The summed E-state index contributed by atoms with van der Waals surface area (Å²) in [6, 6.07) is 13.5. The molecule has 2 aromatic carbocycles. The van der Waals surface area contributed by atoms with Crippen LogP contribution < -0.4 is 10.0 Å². The molecule has 1 aliphatic rings. The number of hydrogen-bond donors (Lipinski definition) is 2. The van der Waals surface area contributed by atoms with E-state index in [9.17, 15) is 13.2 Å². The number of carbonyl (C=O) groups excluding carboxylic acids is 1. The molecule has 120 valence electrons. The summed E-state index contributed by atoms with van der Waals surface area (Å²) in [5, 5.41) is 2.73. The first-order chi connectivity index (χ1) is 10.9. The van der Waals surface area contributed by atoms with Crippen LogP contribution in [0.1, 0.15) is 23.2 Å². The van der Waals surface area contributed by atoms with Crippen molar-refractivity contribution in [2.24, 2.45) is 0 Å². The van der Waals surface area contributed by atoms with Crippen LogP contribution in [0.4, 0.5) is 5.69 Å². The summed E-state index contributed by atoms with van der Waals surface area (Å²) in [5.41, 5.74) is 0.980. The molecule has 23 heavy (non-hydrogen) atoms. The standard InChI is InChI=1S/C16H15IN2O3S/c17-12-4-1-3-11(9-12)16(20)18-14-5-2-6-15(10-14)23(21,22)19-13-7-8-13/h1-6,9-10,13,19H,7-8H2,(H,18,20). The number of benzene rings is 2. The van der Waals surface area contributed by atoms with Crippen molar-refractivity contribution in [3.63, 3.8) is 0 Å². The fourth-order valence-electron chi connectivity index (χ4n) is 2.06. The van der Waals surface area contributed by atoms with Crippen LogP contribution in [-0.4, -0.2) is 20.4 Å². The number of sulfonamides is 1. The molecule has 1 fully saturated rings. The molecule has 2 aromatic rings. The minimum Gasteiger partial charge on any atom is -0.322 e. The molecule has 3 rings (SSSR count). The molecule has 0 spiro atoms. The molecule has 0 saturated heterocycles. The molecule has 7 heteroatoms. The number of nitrogens with one attached hydrogen (secondary N) is 2. The molecule has 0 aromatic heterocycles. The number of rotatable bonds is 5. The zero-order valence-corrected chi connectivity index (χ0v) is 15.1. The van der Waals surface area contributed by atoms with Gasteiger partial charge < -0.3 is 5.32 Å². The molecule has 2 N–H and O–H groups in total. The summed E-state index contributed by atoms with van der Waals surface area (Å²) < 4.78 is 28.0. The van der Waals surface area contributed by atoms with E-state index in [-0.39, 0.29) is 16.8 Å². The highest BCUT2D eigenvalue weighted by atomic mass is 127. The van der Waals surface area contributed by atoms with Crippen LogP contribution >= 0.6 is 22.6 Å². The molecule has 1 amide bonds. The van der Waals surface area contributed by atoms with Gasteiger partial charge in [-0.05, 0) is 71.8 Å². The minimum absolute atomic E-state index is 0.0460. The Bertz CT molecular complexity index is 848. The van der Waals surface area contributed by atoms with Crippen LogP contribution in [0.15, 0.2) is 53.4 Å². The van der Waals surface area contributed by atoms with Gasteiger partial charge in [-0.25, -0.2) is 13.1 Å². The SMILES string of the molecule is O=C(Nc1cccc(S(=O)(=O)NC2CC2)c1)c1cccc(I)c1. The highest BCUT2D eigenvalue weighted by Crippen LogP contribution is 2.23. The number of hydrogen-bond acceptors (Lipinski definition) is 3. The summed E-state index contributed by atoms with van der Waals surface area (Å²) in [6.07, 6.45) is 1.75. The molecule has 0 radical (unpaired) electrons. The second-order valence-electron chi connectivity index (χ2n) is 5.39. The molecule has 0 unspecified atom stereocenters. The van der Waals surface area contributed by atoms with Crippen LogP contribution in [0, 0.1) is 3.57 Å². The van der Waals surface area contributed by atoms with Crippen LogP contribution in [0.25, 0.3) is 0 Å². The molecule has 1 saturated carbocycles. The lowest BCUT2D eigenvalue weighted by molar-refractivity contribution is 0.102. The first kappa shape index (κ1) is 16.4. The second kappa shape index (κ2) is 6.58. The first-order valence-corrected chi connectivity index (χ1v) is 9.69. The van der Waals surface area contributed by atoms with Gasteiger partial charge in [0.05, 0.1) is 4.90 Å². The van der Waals surface area contributed by atoms with Crippen molar-refractivity contribution in [3.8, 4) is 0 Å². The third kappa shape index (κ3) is 4.30. The first-order valence-electron chi connectivity index (χ1n) is 7.13. The minimum atomic E-state index is -3.53. The molecule has 0 atom stereocenters. The predicted molar refractivity (Wildman–Crippen MR) is 96.9 cm³/mol. The predicted octanol–water partition coefficient (Wildman–Crippen LogP) is 2.98. The highest BCUT2D eigenvalue weighted by molar-refractivity contribution is 14.1. The van der Waals surface area contributed by atoms with Crippen molar-refractivity contribution in [1.29, 1.82) is 0 Å². The maximum Gasteiger partial charge on any atom is 0.255 e. The Morgan fingerprint density at radius 3 is 2.52 bits per heavy atom. The van der Waals surface area contributed by atoms with E-state index in [2.05, 4.69) is 32.6 Å². The maximum atomic E-state index is 12.2. The van der Waals surface area contributed by atoms with E-state index in [1.807, 2.05) is 6.07 Å². The summed E-state index contributed by atoms with van der Waals surface area (Å²) in [7, 11) is -3.53. The van der Waals surface area contributed by atoms with E-state index in [4.69, 9.17) is 0 Å². The smallest absolute Gasteiger partial charge is 0.255 e. The lowest BCUT2D eigenvalue weighted by atomic mass is 10.2. The van der Waals surface area contributed by atoms with Gasteiger partial charge in [0.15, 0.2) is 0 Å². The van der Waals surface area contributed by atoms with Gasteiger partial charge in [0, 0.05) is 20.9 Å². The summed E-state index contributed by atoms with van der Waals surface area (Å²) in [4.78, 5) is 12.4. The number of amides is 1. The van der Waals surface area contributed by atoms with E-state index < -0.39 is 10.0 Å². The Balaban J connectivity index is 1.78. The Morgan fingerprint density at radius 2 is 1.83 bits per heavy atom. The number of carbonyl (C=O) groups is 1. The van der Waals surface area contributed by atoms with Gasteiger partial charge in [0.25, 0.3) is 5.91 Å². The second-order valence-corrected chi connectivity index (χ2v) is 8.35.